The van der Waals surface area contributed by atoms with Gasteiger partial charge in [-0.25, -0.2) is 4.79 Å². The van der Waals surface area contributed by atoms with E-state index in [0.717, 1.165) is 16.5 Å². The van der Waals surface area contributed by atoms with Crippen molar-refractivity contribution in [2.75, 3.05) is 6.54 Å². The third kappa shape index (κ3) is 7.28. The number of carboxylic acid groups (broad SMARTS) is 2. The summed E-state index contributed by atoms with van der Waals surface area (Å²) in [5.74, 6) is -4.43. The molecule has 4 rings (SSSR count). The number of rotatable bonds is 12. The van der Waals surface area contributed by atoms with E-state index in [9.17, 15) is 29.1 Å². The summed E-state index contributed by atoms with van der Waals surface area (Å²) in [7, 11) is 0. The van der Waals surface area contributed by atoms with Crippen LogP contribution in [0.25, 0.3) is 10.9 Å². The Hall–Kier alpha value is -4.71. The zero-order valence-electron chi connectivity index (χ0n) is 22.3. The number of nitrogens with one attached hydrogen (secondary N) is 3. The van der Waals surface area contributed by atoms with E-state index in [1.165, 1.54) is 4.90 Å². The third-order valence-corrected chi connectivity index (χ3v) is 7.18. The van der Waals surface area contributed by atoms with Crippen LogP contribution in [0.5, 0.6) is 0 Å². The van der Waals surface area contributed by atoms with Crippen molar-refractivity contribution in [2.45, 2.75) is 56.3 Å². The number of likely N-dealkylation sites (tertiary alicyclic amines) is 1. The van der Waals surface area contributed by atoms with Crippen molar-refractivity contribution in [1.82, 2.24) is 20.5 Å². The number of H-pyrrole nitrogens is 1. The summed E-state index contributed by atoms with van der Waals surface area (Å²) in [5.41, 5.74) is 8.03. The number of carbonyl (C=O) groups excluding carboxylic acids is 3. The van der Waals surface area contributed by atoms with Crippen LogP contribution in [0.15, 0.2) is 60.8 Å². The largest absolute Gasteiger partial charge is 0.481 e. The Bertz CT molecular complexity index is 1420. The molecule has 41 heavy (non-hydrogen) atoms. The molecule has 1 aromatic heterocycles. The summed E-state index contributed by atoms with van der Waals surface area (Å²) in [5, 5.41) is 24.8. The maximum absolute atomic E-state index is 13.8. The molecule has 216 valence electrons. The van der Waals surface area contributed by atoms with Gasteiger partial charge in [-0.05, 0) is 30.0 Å². The molecule has 2 heterocycles. The van der Waals surface area contributed by atoms with Crippen molar-refractivity contribution < 1.29 is 34.2 Å². The third-order valence-electron chi connectivity index (χ3n) is 7.18. The van der Waals surface area contributed by atoms with E-state index in [4.69, 9.17) is 10.8 Å². The highest BCUT2D eigenvalue weighted by Crippen LogP contribution is 2.23. The van der Waals surface area contributed by atoms with Crippen LogP contribution in [-0.2, 0) is 36.8 Å². The van der Waals surface area contributed by atoms with Crippen molar-refractivity contribution in [3.8, 4) is 0 Å². The van der Waals surface area contributed by atoms with E-state index in [2.05, 4.69) is 15.6 Å². The van der Waals surface area contributed by atoms with Gasteiger partial charge in [-0.2, -0.15) is 0 Å². The standard InChI is InChI=1S/C29H33N5O7/c30-20(15-25(35)36)26(37)32-22(13-17-7-2-1-3-8-17)27(38)33-23(28(39)34-12-6-11-24(34)29(40)41)14-18-16-31-21-10-5-4-9-19(18)21/h1-5,7-10,16,20,22-24,31H,6,11-15,30H2,(H,32,37)(H,33,38)(H,35,36)(H,40,41). The molecule has 3 aromatic rings. The van der Waals surface area contributed by atoms with Gasteiger partial charge in [0.25, 0.3) is 0 Å². The number of carbonyl (C=O) groups is 5. The first-order chi connectivity index (χ1) is 19.6. The molecule has 0 saturated carbocycles. The average Bonchev–Trinajstić information content (AvgIpc) is 3.60. The predicted molar refractivity (Wildman–Crippen MR) is 149 cm³/mol. The molecule has 1 fully saturated rings. The first-order valence-electron chi connectivity index (χ1n) is 13.3. The molecule has 4 unspecified atom stereocenters. The Morgan fingerprint density at radius 3 is 2.32 bits per heavy atom. The minimum atomic E-state index is -1.39. The van der Waals surface area contributed by atoms with E-state index in [-0.39, 0.29) is 19.4 Å². The molecule has 3 amide bonds. The summed E-state index contributed by atoms with van der Waals surface area (Å²) >= 11 is 0. The van der Waals surface area contributed by atoms with Crippen LogP contribution < -0.4 is 16.4 Å². The van der Waals surface area contributed by atoms with Gasteiger partial charge in [0.05, 0.1) is 12.5 Å². The molecular formula is C29H33N5O7. The molecule has 0 aliphatic carbocycles. The molecular weight excluding hydrogens is 530 g/mol. The van der Waals surface area contributed by atoms with Gasteiger partial charge >= 0.3 is 11.9 Å². The Morgan fingerprint density at radius 1 is 0.927 bits per heavy atom. The quantitative estimate of drug-likeness (QED) is 0.186. The smallest absolute Gasteiger partial charge is 0.326 e. The summed E-state index contributed by atoms with van der Waals surface area (Å²) < 4.78 is 0. The number of benzene rings is 2. The number of carboxylic acids is 2. The van der Waals surface area contributed by atoms with Crippen molar-refractivity contribution in [1.29, 1.82) is 0 Å². The van der Waals surface area contributed by atoms with E-state index < -0.39 is 60.2 Å². The lowest BCUT2D eigenvalue weighted by Crippen LogP contribution is -2.58. The van der Waals surface area contributed by atoms with Gasteiger partial charge in [0.1, 0.15) is 18.1 Å². The molecule has 1 aliphatic rings. The SMILES string of the molecule is NC(CC(=O)O)C(=O)NC(Cc1ccccc1)C(=O)NC(Cc1c[nH]c2ccccc12)C(=O)N1CCCC1C(=O)O. The fourth-order valence-electron chi connectivity index (χ4n) is 5.10. The minimum absolute atomic E-state index is 0.0493. The monoisotopic (exact) mass is 563 g/mol. The maximum Gasteiger partial charge on any atom is 0.326 e. The van der Waals surface area contributed by atoms with Crippen LogP contribution in [0, 0.1) is 0 Å². The highest BCUT2D eigenvalue weighted by atomic mass is 16.4. The second kappa shape index (κ2) is 13.1. The molecule has 0 bridgehead atoms. The van der Waals surface area contributed by atoms with Gasteiger partial charge in [-0.3, -0.25) is 19.2 Å². The lowest BCUT2D eigenvalue weighted by Gasteiger charge is -2.29. The Labute approximate surface area is 235 Å². The van der Waals surface area contributed by atoms with E-state index in [0.29, 0.717) is 18.4 Å². The molecule has 2 aromatic carbocycles. The highest BCUT2D eigenvalue weighted by Gasteiger charge is 2.38. The number of para-hydroxylation sites is 1. The second-order valence-corrected chi connectivity index (χ2v) is 10.1. The second-order valence-electron chi connectivity index (χ2n) is 10.1. The van der Waals surface area contributed by atoms with Gasteiger partial charge in [0.2, 0.25) is 17.7 Å². The summed E-state index contributed by atoms with van der Waals surface area (Å²) in [6.45, 7) is 0.240. The number of amides is 3. The molecule has 1 aliphatic heterocycles. The Kier molecular flexibility index (Phi) is 9.35. The summed E-state index contributed by atoms with van der Waals surface area (Å²) in [6, 6.07) is 11.6. The van der Waals surface area contributed by atoms with Crippen LogP contribution in [0.4, 0.5) is 0 Å². The zero-order valence-corrected chi connectivity index (χ0v) is 22.3. The average molecular weight is 564 g/mol. The number of fused-ring (bicyclic) bond motifs is 1. The van der Waals surface area contributed by atoms with Gasteiger partial charge < -0.3 is 36.5 Å². The van der Waals surface area contributed by atoms with E-state index >= 15 is 0 Å². The fourth-order valence-corrected chi connectivity index (χ4v) is 5.10. The van der Waals surface area contributed by atoms with Crippen molar-refractivity contribution in [3.05, 3.63) is 71.9 Å². The number of aromatic nitrogens is 1. The van der Waals surface area contributed by atoms with Gasteiger partial charge in [-0.15, -0.1) is 0 Å². The molecule has 0 radical (unpaired) electrons. The maximum atomic E-state index is 13.8. The van der Waals surface area contributed by atoms with Crippen molar-refractivity contribution in [2.24, 2.45) is 5.73 Å². The molecule has 1 saturated heterocycles. The minimum Gasteiger partial charge on any atom is -0.481 e. The molecule has 4 atom stereocenters. The van der Waals surface area contributed by atoms with Gasteiger partial charge in [0, 0.05) is 36.5 Å². The van der Waals surface area contributed by atoms with Crippen LogP contribution in [0.3, 0.4) is 0 Å². The van der Waals surface area contributed by atoms with Crippen LogP contribution >= 0.6 is 0 Å². The number of aliphatic carboxylic acids is 2. The lowest BCUT2D eigenvalue weighted by molar-refractivity contribution is -0.149. The molecule has 0 spiro atoms. The van der Waals surface area contributed by atoms with E-state index in [1.54, 1.807) is 36.5 Å². The fraction of sp³-hybridized carbons (Fsp3) is 0.345. The van der Waals surface area contributed by atoms with Gasteiger partial charge in [0.15, 0.2) is 0 Å². The zero-order chi connectivity index (χ0) is 29.5. The topological polar surface area (TPSA) is 195 Å². The normalized spacial score (nSPS) is 17.0. The highest BCUT2D eigenvalue weighted by molar-refractivity contribution is 5.95. The van der Waals surface area contributed by atoms with Crippen LogP contribution in [0.2, 0.25) is 0 Å². The summed E-state index contributed by atoms with van der Waals surface area (Å²) in [6.07, 6.45) is 2.06. The molecule has 12 nitrogen and oxygen atoms in total. The first kappa shape index (κ1) is 29.3. The predicted octanol–water partition coefficient (Wildman–Crippen LogP) is 0.800. The number of aromatic amines is 1. The van der Waals surface area contributed by atoms with Crippen LogP contribution in [-0.4, -0.2) is 80.5 Å². The Balaban J connectivity index is 1.62. The van der Waals surface area contributed by atoms with E-state index in [1.807, 2.05) is 24.3 Å². The molecule has 12 heteroatoms. The first-order valence-corrected chi connectivity index (χ1v) is 13.3. The Morgan fingerprint density at radius 2 is 1.61 bits per heavy atom. The van der Waals surface area contributed by atoms with Gasteiger partial charge in [-0.1, -0.05) is 48.5 Å². The number of nitrogens with zero attached hydrogens (tertiary/aromatic N) is 1. The number of nitrogens with two attached hydrogens (primary N) is 1. The van der Waals surface area contributed by atoms with Crippen molar-refractivity contribution >= 4 is 40.6 Å². The van der Waals surface area contributed by atoms with Crippen molar-refractivity contribution in [3.63, 3.8) is 0 Å². The number of hydrogen-bond acceptors (Lipinski definition) is 6. The summed E-state index contributed by atoms with van der Waals surface area (Å²) in [4.78, 5) is 67.5. The molecule has 7 N–H and O–H groups in total. The van der Waals surface area contributed by atoms with Crippen LogP contribution in [0.1, 0.15) is 30.4 Å². The lowest BCUT2D eigenvalue weighted by atomic mass is 10.0. The number of hydrogen-bond donors (Lipinski definition) is 6.